The molecule has 0 unspecified atom stereocenters. The van der Waals surface area contributed by atoms with Crippen molar-refractivity contribution in [1.82, 2.24) is 0 Å². The SMILES string of the molecule is Cl.Cl.Cl.NCCOCc1ccccc1. The summed E-state index contributed by atoms with van der Waals surface area (Å²) in [4.78, 5) is 0. The molecule has 84 valence electrons. The highest BCUT2D eigenvalue weighted by Crippen LogP contribution is 1.99. The average Bonchev–Trinajstić information content (AvgIpc) is 2.07. The lowest BCUT2D eigenvalue weighted by Gasteiger charge is -2.00. The lowest BCUT2D eigenvalue weighted by molar-refractivity contribution is 0.128. The largest absolute Gasteiger partial charge is 0.375 e. The Morgan fingerprint density at radius 2 is 1.57 bits per heavy atom. The Bertz CT molecular complexity index is 197. The second-order valence-corrected chi connectivity index (χ2v) is 2.33. The number of rotatable bonds is 4. The molecule has 5 heteroatoms. The third-order valence-electron chi connectivity index (χ3n) is 1.37. The van der Waals surface area contributed by atoms with E-state index in [1.807, 2.05) is 30.3 Å². The van der Waals surface area contributed by atoms with Gasteiger partial charge in [0.1, 0.15) is 0 Å². The molecule has 0 saturated carbocycles. The van der Waals surface area contributed by atoms with Crippen LogP contribution in [-0.4, -0.2) is 13.2 Å². The Kier molecular flexibility index (Phi) is 18.2. The maximum Gasteiger partial charge on any atom is 0.0717 e. The van der Waals surface area contributed by atoms with Gasteiger partial charge in [0, 0.05) is 6.54 Å². The van der Waals surface area contributed by atoms with Gasteiger partial charge in [-0.2, -0.15) is 0 Å². The number of ether oxygens (including phenoxy) is 1. The Balaban J connectivity index is -0.000000403. The zero-order chi connectivity index (χ0) is 7.94. The van der Waals surface area contributed by atoms with E-state index in [0.717, 1.165) is 0 Å². The molecule has 0 radical (unpaired) electrons. The Morgan fingerprint density at radius 3 is 2.07 bits per heavy atom. The van der Waals surface area contributed by atoms with E-state index in [2.05, 4.69) is 0 Å². The zero-order valence-electron chi connectivity index (χ0n) is 7.72. The van der Waals surface area contributed by atoms with Crippen LogP contribution in [0.2, 0.25) is 0 Å². The fraction of sp³-hybridized carbons (Fsp3) is 0.333. The molecule has 0 aliphatic rings. The Labute approximate surface area is 103 Å². The molecule has 2 nitrogen and oxygen atoms in total. The minimum Gasteiger partial charge on any atom is -0.375 e. The first-order chi connectivity index (χ1) is 5.43. The van der Waals surface area contributed by atoms with Gasteiger partial charge in [-0.1, -0.05) is 30.3 Å². The average molecular weight is 261 g/mol. The van der Waals surface area contributed by atoms with Crippen molar-refractivity contribution in [2.24, 2.45) is 5.73 Å². The molecular weight excluding hydrogens is 244 g/mol. The molecule has 0 spiro atoms. The molecule has 2 N–H and O–H groups in total. The Morgan fingerprint density at radius 1 is 1.00 bits per heavy atom. The second kappa shape index (κ2) is 13.0. The fourth-order valence-corrected chi connectivity index (χ4v) is 0.848. The van der Waals surface area contributed by atoms with Crippen molar-refractivity contribution in [3.8, 4) is 0 Å². The van der Waals surface area contributed by atoms with Gasteiger partial charge in [-0.25, -0.2) is 0 Å². The molecule has 1 rings (SSSR count). The summed E-state index contributed by atoms with van der Waals surface area (Å²) in [6, 6.07) is 10.1. The van der Waals surface area contributed by atoms with E-state index in [0.29, 0.717) is 19.8 Å². The fourth-order valence-electron chi connectivity index (χ4n) is 0.848. The standard InChI is InChI=1S/C9H13NO.3ClH/c10-6-7-11-8-9-4-2-1-3-5-9;;;/h1-5H,6-8,10H2;3*1H. The van der Waals surface area contributed by atoms with Crippen LogP contribution in [0.4, 0.5) is 0 Å². The first kappa shape index (κ1) is 19.6. The van der Waals surface area contributed by atoms with Gasteiger partial charge in [0.2, 0.25) is 0 Å². The molecule has 0 bridgehead atoms. The quantitative estimate of drug-likeness (QED) is 0.844. The lowest BCUT2D eigenvalue weighted by Crippen LogP contribution is -2.07. The highest BCUT2D eigenvalue weighted by molar-refractivity contribution is 5.86. The van der Waals surface area contributed by atoms with Crippen LogP contribution in [0.1, 0.15) is 5.56 Å². The van der Waals surface area contributed by atoms with Crippen LogP contribution in [0.15, 0.2) is 30.3 Å². The predicted octanol–water partition coefficient (Wildman–Crippen LogP) is 2.43. The van der Waals surface area contributed by atoms with Crippen LogP contribution in [0.25, 0.3) is 0 Å². The topological polar surface area (TPSA) is 35.2 Å². The van der Waals surface area contributed by atoms with Crippen molar-refractivity contribution in [2.75, 3.05) is 13.2 Å². The van der Waals surface area contributed by atoms with Gasteiger partial charge < -0.3 is 10.5 Å². The summed E-state index contributed by atoms with van der Waals surface area (Å²) in [6.07, 6.45) is 0. The third-order valence-corrected chi connectivity index (χ3v) is 1.37. The second-order valence-electron chi connectivity index (χ2n) is 2.33. The summed E-state index contributed by atoms with van der Waals surface area (Å²) >= 11 is 0. The van der Waals surface area contributed by atoms with Crippen molar-refractivity contribution in [1.29, 1.82) is 0 Å². The van der Waals surface area contributed by atoms with Crippen LogP contribution < -0.4 is 5.73 Å². The monoisotopic (exact) mass is 259 g/mol. The summed E-state index contributed by atoms with van der Waals surface area (Å²) in [6.45, 7) is 1.89. The van der Waals surface area contributed by atoms with E-state index < -0.39 is 0 Å². The van der Waals surface area contributed by atoms with Crippen LogP contribution >= 0.6 is 37.2 Å². The van der Waals surface area contributed by atoms with Gasteiger partial charge in [0.05, 0.1) is 13.2 Å². The van der Waals surface area contributed by atoms with E-state index in [1.165, 1.54) is 5.56 Å². The highest BCUT2D eigenvalue weighted by atomic mass is 35.5. The normalized spacial score (nSPS) is 7.79. The van der Waals surface area contributed by atoms with E-state index in [4.69, 9.17) is 10.5 Å². The van der Waals surface area contributed by atoms with Crippen molar-refractivity contribution in [3.05, 3.63) is 35.9 Å². The maximum atomic E-state index is 5.27. The molecule has 0 fully saturated rings. The number of halogens is 3. The van der Waals surface area contributed by atoms with E-state index >= 15 is 0 Å². The molecular formula is C9H16Cl3NO. The number of nitrogens with two attached hydrogens (primary N) is 1. The molecule has 1 aromatic carbocycles. The van der Waals surface area contributed by atoms with Gasteiger partial charge in [-0.3, -0.25) is 0 Å². The summed E-state index contributed by atoms with van der Waals surface area (Å²) < 4.78 is 5.24. The van der Waals surface area contributed by atoms with Crippen LogP contribution in [0.5, 0.6) is 0 Å². The zero-order valence-corrected chi connectivity index (χ0v) is 10.2. The highest BCUT2D eigenvalue weighted by Gasteiger charge is 1.88. The van der Waals surface area contributed by atoms with E-state index in [9.17, 15) is 0 Å². The maximum absolute atomic E-state index is 5.27. The first-order valence-electron chi connectivity index (χ1n) is 3.75. The molecule has 0 heterocycles. The van der Waals surface area contributed by atoms with Crippen LogP contribution in [0, 0.1) is 0 Å². The van der Waals surface area contributed by atoms with Crippen molar-refractivity contribution < 1.29 is 4.74 Å². The number of benzene rings is 1. The lowest BCUT2D eigenvalue weighted by atomic mass is 10.2. The van der Waals surface area contributed by atoms with Crippen molar-refractivity contribution in [2.45, 2.75) is 6.61 Å². The van der Waals surface area contributed by atoms with Gasteiger partial charge >= 0.3 is 0 Å². The Hall–Kier alpha value is 0.01000. The van der Waals surface area contributed by atoms with E-state index in [1.54, 1.807) is 0 Å². The smallest absolute Gasteiger partial charge is 0.0717 e. The summed E-state index contributed by atoms with van der Waals surface area (Å²) in [5, 5.41) is 0. The third kappa shape index (κ3) is 8.60. The molecule has 0 atom stereocenters. The molecule has 0 aliphatic carbocycles. The minimum atomic E-state index is 0. The summed E-state index contributed by atoms with van der Waals surface area (Å²) in [5.41, 5.74) is 6.46. The molecule has 0 aliphatic heterocycles. The van der Waals surface area contributed by atoms with Crippen molar-refractivity contribution >= 4 is 37.2 Å². The molecule has 0 amide bonds. The molecule has 0 saturated heterocycles. The first-order valence-corrected chi connectivity index (χ1v) is 3.75. The van der Waals surface area contributed by atoms with Crippen molar-refractivity contribution in [3.63, 3.8) is 0 Å². The molecule has 0 aromatic heterocycles. The van der Waals surface area contributed by atoms with Gasteiger partial charge in [-0.15, -0.1) is 37.2 Å². The number of hydrogen-bond acceptors (Lipinski definition) is 2. The summed E-state index contributed by atoms with van der Waals surface area (Å²) in [7, 11) is 0. The minimum absolute atomic E-state index is 0. The van der Waals surface area contributed by atoms with Gasteiger partial charge in [0.25, 0.3) is 0 Å². The number of hydrogen-bond donors (Lipinski definition) is 1. The summed E-state index contributed by atoms with van der Waals surface area (Å²) in [5.74, 6) is 0. The predicted molar refractivity (Wildman–Crippen MR) is 66.9 cm³/mol. The molecule has 1 aromatic rings. The molecule has 14 heavy (non-hydrogen) atoms. The van der Waals surface area contributed by atoms with Crippen LogP contribution in [0.3, 0.4) is 0 Å². The van der Waals surface area contributed by atoms with Gasteiger partial charge in [0.15, 0.2) is 0 Å². The van der Waals surface area contributed by atoms with E-state index in [-0.39, 0.29) is 37.2 Å². The van der Waals surface area contributed by atoms with Gasteiger partial charge in [-0.05, 0) is 5.56 Å². The van der Waals surface area contributed by atoms with Crippen LogP contribution in [-0.2, 0) is 11.3 Å².